The van der Waals surface area contributed by atoms with Gasteiger partial charge in [-0.3, -0.25) is 0 Å². The van der Waals surface area contributed by atoms with Gasteiger partial charge in [0.15, 0.2) is 0 Å². The van der Waals surface area contributed by atoms with E-state index in [9.17, 15) is 0 Å². The highest BCUT2D eigenvalue weighted by Crippen LogP contribution is 2.12. The molecule has 1 aromatic carbocycles. The van der Waals surface area contributed by atoms with E-state index in [1.807, 2.05) is 12.1 Å². The Hall–Kier alpha value is -0.980. The number of rotatable bonds is 3. The molecule has 0 amide bonds. The van der Waals surface area contributed by atoms with Crippen LogP contribution in [-0.4, -0.2) is 6.54 Å². The van der Waals surface area contributed by atoms with Gasteiger partial charge in [0.25, 0.3) is 0 Å². The molecule has 0 saturated carbocycles. The molecule has 59 valence electrons. The molecule has 0 atom stereocenters. The average Bonchev–Trinajstić information content (AvgIpc) is 2.03. The molecule has 0 fully saturated rings. The fourth-order valence-corrected chi connectivity index (χ4v) is 0.994. The Labute approximate surface area is 68.4 Å². The van der Waals surface area contributed by atoms with Crippen LogP contribution in [0.25, 0.3) is 0 Å². The first-order valence-electron chi connectivity index (χ1n) is 3.93. The number of hydrogen-bond acceptors (Lipinski definition) is 1. The Morgan fingerprint density at radius 2 is 2.09 bits per heavy atom. The third kappa shape index (κ3) is 2.26. The van der Waals surface area contributed by atoms with Gasteiger partial charge >= 0.3 is 0 Å². The Morgan fingerprint density at radius 1 is 1.36 bits per heavy atom. The van der Waals surface area contributed by atoms with Crippen molar-refractivity contribution in [2.45, 2.75) is 13.3 Å². The molecule has 0 spiro atoms. The van der Waals surface area contributed by atoms with Gasteiger partial charge in [0.1, 0.15) is 0 Å². The van der Waals surface area contributed by atoms with Gasteiger partial charge in [-0.15, -0.1) is 0 Å². The van der Waals surface area contributed by atoms with Crippen molar-refractivity contribution in [3.8, 4) is 0 Å². The van der Waals surface area contributed by atoms with Crippen molar-refractivity contribution in [2.24, 2.45) is 0 Å². The van der Waals surface area contributed by atoms with Gasteiger partial charge in [0.05, 0.1) is 0 Å². The summed E-state index contributed by atoms with van der Waals surface area (Å²) in [4.78, 5) is 0. The number of benzene rings is 1. The molecular weight excluding hydrogens is 134 g/mol. The Bertz CT molecular complexity index is 218. The number of hydrogen-bond donors (Lipinski definition) is 1. The average molecular weight is 148 g/mol. The van der Waals surface area contributed by atoms with Crippen molar-refractivity contribution in [1.29, 1.82) is 0 Å². The summed E-state index contributed by atoms with van der Waals surface area (Å²) in [7, 11) is 0. The first kappa shape index (κ1) is 8.12. The van der Waals surface area contributed by atoms with Gasteiger partial charge in [0, 0.05) is 12.2 Å². The molecule has 11 heavy (non-hydrogen) atoms. The summed E-state index contributed by atoms with van der Waals surface area (Å²) in [6, 6.07) is 8.28. The predicted octanol–water partition coefficient (Wildman–Crippen LogP) is 2.63. The molecule has 1 nitrogen and oxygen atoms in total. The maximum atomic E-state index is 3.77. The van der Waals surface area contributed by atoms with Gasteiger partial charge in [-0.1, -0.05) is 25.1 Å². The van der Waals surface area contributed by atoms with E-state index >= 15 is 0 Å². The van der Waals surface area contributed by atoms with Crippen molar-refractivity contribution >= 4 is 5.69 Å². The summed E-state index contributed by atoms with van der Waals surface area (Å²) in [6.45, 7) is 6.82. The molecule has 1 aromatic rings. The maximum Gasteiger partial charge on any atom is 0.0369 e. The molecule has 1 rings (SSSR count). The van der Waals surface area contributed by atoms with Crippen molar-refractivity contribution in [3.05, 3.63) is 36.8 Å². The van der Waals surface area contributed by atoms with Crippen LogP contribution in [0.2, 0.25) is 0 Å². The zero-order chi connectivity index (χ0) is 8.10. The van der Waals surface area contributed by atoms with Crippen LogP contribution in [0.3, 0.4) is 0 Å². The molecule has 0 aromatic heterocycles. The van der Waals surface area contributed by atoms with E-state index in [1.165, 1.54) is 11.3 Å². The summed E-state index contributed by atoms with van der Waals surface area (Å²) in [5, 5.41) is 3.30. The molecule has 0 aliphatic rings. The second kappa shape index (κ2) is 4.02. The molecule has 0 saturated heterocycles. The lowest BCUT2D eigenvalue weighted by Gasteiger charge is -2.06. The van der Waals surface area contributed by atoms with Crippen LogP contribution in [0.5, 0.6) is 0 Å². The van der Waals surface area contributed by atoms with Gasteiger partial charge in [-0.2, -0.15) is 0 Å². The van der Waals surface area contributed by atoms with E-state index in [-0.39, 0.29) is 0 Å². The number of para-hydroxylation sites is 1. The van der Waals surface area contributed by atoms with Crippen molar-refractivity contribution in [3.63, 3.8) is 0 Å². The highest BCUT2D eigenvalue weighted by atomic mass is 14.9. The lowest BCUT2D eigenvalue weighted by Crippen LogP contribution is -2.00. The predicted molar refractivity (Wildman–Crippen MR) is 49.6 cm³/mol. The first-order chi connectivity index (χ1) is 5.34. The lowest BCUT2D eigenvalue weighted by molar-refractivity contribution is 1.06. The molecule has 0 aliphatic carbocycles. The SMILES string of the molecule is [CH2]CCNc1ccccc1C. The first-order valence-corrected chi connectivity index (χ1v) is 3.93. The number of aryl methyl sites for hydroxylation is 1. The maximum absolute atomic E-state index is 3.77. The molecular formula is C10H14N. The summed E-state index contributed by atoms with van der Waals surface area (Å²) in [5.74, 6) is 0. The zero-order valence-electron chi connectivity index (χ0n) is 6.93. The van der Waals surface area contributed by atoms with E-state index < -0.39 is 0 Å². The molecule has 0 unspecified atom stereocenters. The largest absolute Gasteiger partial charge is 0.385 e. The third-order valence-corrected chi connectivity index (χ3v) is 1.64. The normalized spacial score (nSPS) is 9.64. The number of anilines is 1. The quantitative estimate of drug-likeness (QED) is 0.694. The smallest absolute Gasteiger partial charge is 0.0369 e. The molecule has 1 radical (unpaired) electrons. The number of nitrogens with one attached hydrogen (secondary N) is 1. The van der Waals surface area contributed by atoms with Crippen LogP contribution in [0.1, 0.15) is 12.0 Å². The van der Waals surface area contributed by atoms with Crippen LogP contribution in [0.4, 0.5) is 5.69 Å². The summed E-state index contributed by atoms with van der Waals surface area (Å²) in [6.07, 6.45) is 0.925. The highest BCUT2D eigenvalue weighted by Gasteiger charge is 1.92. The van der Waals surface area contributed by atoms with Crippen LogP contribution in [-0.2, 0) is 0 Å². The monoisotopic (exact) mass is 148 g/mol. The molecule has 0 heterocycles. The van der Waals surface area contributed by atoms with Gasteiger partial charge in [-0.05, 0) is 25.0 Å². The summed E-state index contributed by atoms with van der Waals surface area (Å²) >= 11 is 0. The van der Waals surface area contributed by atoms with Crippen LogP contribution in [0.15, 0.2) is 24.3 Å². The zero-order valence-corrected chi connectivity index (χ0v) is 6.93. The second-order valence-electron chi connectivity index (χ2n) is 2.60. The second-order valence-corrected chi connectivity index (χ2v) is 2.60. The van der Waals surface area contributed by atoms with Crippen LogP contribution < -0.4 is 5.32 Å². The lowest BCUT2D eigenvalue weighted by atomic mass is 10.2. The van der Waals surface area contributed by atoms with Crippen LogP contribution >= 0.6 is 0 Å². The Kier molecular flexibility index (Phi) is 2.96. The highest BCUT2D eigenvalue weighted by molar-refractivity contribution is 5.49. The fraction of sp³-hybridized carbons (Fsp3) is 0.300. The van der Waals surface area contributed by atoms with Crippen molar-refractivity contribution in [1.82, 2.24) is 0 Å². The minimum atomic E-state index is 0.925. The molecule has 1 N–H and O–H groups in total. The molecule has 1 heteroatoms. The van der Waals surface area contributed by atoms with Gasteiger partial charge < -0.3 is 5.32 Å². The van der Waals surface area contributed by atoms with Crippen molar-refractivity contribution < 1.29 is 0 Å². The molecule has 0 bridgehead atoms. The minimum absolute atomic E-state index is 0.925. The van der Waals surface area contributed by atoms with E-state index in [0.717, 1.165) is 13.0 Å². The van der Waals surface area contributed by atoms with E-state index in [4.69, 9.17) is 0 Å². The Morgan fingerprint density at radius 3 is 2.73 bits per heavy atom. The fourth-order valence-electron chi connectivity index (χ4n) is 0.994. The van der Waals surface area contributed by atoms with E-state index in [2.05, 4.69) is 31.3 Å². The summed E-state index contributed by atoms with van der Waals surface area (Å²) in [5.41, 5.74) is 2.51. The third-order valence-electron chi connectivity index (χ3n) is 1.64. The minimum Gasteiger partial charge on any atom is -0.385 e. The van der Waals surface area contributed by atoms with Gasteiger partial charge in [0.2, 0.25) is 0 Å². The van der Waals surface area contributed by atoms with E-state index in [1.54, 1.807) is 0 Å². The standard InChI is InChI=1S/C10H14N/c1-3-8-11-10-7-5-4-6-9(10)2/h4-7,11H,1,3,8H2,2H3. The molecule has 0 aliphatic heterocycles. The van der Waals surface area contributed by atoms with Gasteiger partial charge in [-0.25, -0.2) is 0 Å². The van der Waals surface area contributed by atoms with E-state index in [0.29, 0.717) is 0 Å². The summed E-state index contributed by atoms with van der Waals surface area (Å²) < 4.78 is 0. The Balaban J connectivity index is 2.62. The topological polar surface area (TPSA) is 12.0 Å². The van der Waals surface area contributed by atoms with Crippen LogP contribution in [0, 0.1) is 13.8 Å². The van der Waals surface area contributed by atoms with Crippen molar-refractivity contribution in [2.75, 3.05) is 11.9 Å².